The largest absolute Gasteiger partial charge is 0.377 e. The zero-order valence-electron chi connectivity index (χ0n) is 15.4. The lowest BCUT2D eigenvalue weighted by atomic mass is 9.95. The number of H-pyrrole nitrogens is 1. The van der Waals surface area contributed by atoms with E-state index < -0.39 is 0 Å². The molecule has 0 saturated carbocycles. The van der Waals surface area contributed by atoms with Crippen molar-refractivity contribution in [1.29, 1.82) is 0 Å². The number of nitrogens with one attached hydrogen (secondary N) is 1. The Morgan fingerprint density at radius 1 is 1.08 bits per heavy atom. The average molecular weight is 353 g/mol. The molecule has 2 atom stereocenters. The van der Waals surface area contributed by atoms with Gasteiger partial charge in [-0.3, -0.25) is 4.79 Å². The van der Waals surface area contributed by atoms with Gasteiger partial charge in [0.05, 0.1) is 19.3 Å². The molecule has 0 amide bonds. The first kappa shape index (κ1) is 17.2. The number of ether oxygens (including phenoxy) is 1. The summed E-state index contributed by atoms with van der Waals surface area (Å²) in [6, 6.07) is 15.1. The molecule has 0 aliphatic carbocycles. The number of hydrogen-bond acceptors (Lipinski definition) is 4. The molecule has 26 heavy (non-hydrogen) atoms. The highest BCUT2D eigenvalue weighted by Gasteiger charge is 2.26. The SMILES string of the molecule is CC1COCCN1c1cc(N2CCCC[C@@H]2c2ccccc2)[nH]c(=O)c1. The molecule has 2 aliphatic rings. The Morgan fingerprint density at radius 2 is 1.92 bits per heavy atom. The fourth-order valence-electron chi connectivity index (χ4n) is 4.19. The molecule has 0 spiro atoms. The maximum atomic E-state index is 12.4. The molecule has 5 heteroatoms. The van der Waals surface area contributed by atoms with Crippen molar-refractivity contribution in [3.8, 4) is 0 Å². The van der Waals surface area contributed by atoms with E-state index in [1.807, 2.05) is 0 Å². The molecule has 5 nitrogen and oxygen atoms in total. The van der Waals surface area contributed by atoms with Gasteiger partial charge in [0.1, 0.15) is 5.82 Å². The minimum Gasteiger partial charge on any atom is -0.377 e. The summed E-state index contributed by atoms with van der Waals surface area (Å²) in [7, 11) is 0. The van der Waals surface area contributed by atoms with Crippen LogP contribution in [0.2, 0.25) is 0 Å². The van der Waals surface area contributed by atoms with Crippen LogP contribution in [0, 0.1) is 0 Å². The van der Waals surface area contributed by atoms with Crippen molar-refractivity contribution >= 4 is 11.5 Å². The summed E-state index contributed by atoms with van der Waals surface area (Å²) >= 11 is 0. The van der Waals surface area contributed by atoms with E-state index in [1.165, 1.54) is 12.0 Å². The van der Waals surface area contributed by atoms with Gasteiger partial charge in [-0.25, -0.2) is 0 Å². The molecule has 1 N–H and O–H groups in total. The minimum atomic E-state index is -0.0337. The fourth-order valence-corrected chi connectivity index (χ4v) is 4.19. The number of piperidine rings is 1. The highest BCUT2D eigenvalue weighted by molar-refractivity contribution is 5.57. The molecule has 1 unspecified atom stereocenters. The molecule has 0 radical (unpaired) electrons. The Morgan fingerprint density at radius 3 is 2.73 bits per heavy atom. The van der Waals surface area contributed by atoms with Gasteiger partial charge in [-0.2, -0.15) is 0 Å². The van der Waals surface area contributed by atoms with Gasteiger partial charge in [0.25, 0.3) is 5.56 Å². The minimum absolute atomic E-state index is 0.0337. The lowest BCUT2D eigenvalue weighted by Crippen LogP contribution is -2.44. The second-order valence-corrected chi connectivity index (χ2v) is 7.32. The summed E-state index contributed by atoms with van der Waals surface area (Å²) < 4.78 is 5.55. The van der Waals surface area contributed by atoms with Crippen LogP contribution in [0.1, 0.15) is 37.8 Å². The lowest BCUT2D eigenvalue weighted by molar-refractivity contribution is 0.0989. The monoisotopic (exact) mass is 353 g/mol. The summed E-state index contributed by atoms with van der Waals surface area (Å²) in [4.78, 5) is 20.1. The highest BCUT2D eigenvalue weighted by Crippen LogP contribution is 2.35. The Balaban J connectivity index is 1.68. The topological polar surface area (TPSA) is 48.6 Å². The summed E-state index contributed by atoms with van der Waals surface area (Å²) in [5, 5.41) is 0. The summed E-state index contributed by atoms with van der Waals surface area (Å²) in [5.41, 5.74) is 2.28. The van der Waals surface area contributed by atoms with Gasteiger partial charge in [-0.05, 0) is 31.7 Å². The summed E-state index contributed by atoms with van der Waals surface area (Å²) in [6.07, 6.45) is 3.49. The third-order valence-electron chi connectivity index (χ3n) is 5.51. The predicted octanol–water partition coefficient (Wildman–Crippen LogP) is 3.33. The number of aromatic nitrogens is 1. The maximum absolute atomic E-state index is 12.4. The quantitative estimate of drug-likeness (QED) is 0.919. The van der Waals surface area contributed by atoms with E-state index >= 15 is 0 Å². The molecule has 3 heterocycles. The third kappa shape index (κ3) is 3.49. The van der Waals surface area contributed by atoms with Crippen LogP contribution >= 0.6 is 0 Å². The summed E-state index contributed by atoms with van der Waals surface area (Å²) in [6.45, 7) is 5.36. The van der Waals surface area contributed by atoms with Crippen molar-refractivity contribution in [2.24, 2.45) is 0 Å². The fraction of sp³-hybridized carbons (Fsp3) is 0.476. The van der Waals surface area contributed by atoms with Crippen LogP contribution in [-0.4, -0.2) is 37.3 Å². The standard InChI is InChI=1S/C21H27N3O2/c1-16-15-26-12-11-23(16)18-13-20(22-21(25)14-18)24-10-6-5-9-19(24)17-7-3-2-4-8-17/h2-4,7-8,13-14,16,19H,5-6,9-12,15H2,1H3,(H,22,25)/t16?,19-/m1/s1. The van der Waals surface area contributed by atoms with E-state index in [0.29, 0.717) is 19.3 Å². The first-order valence-electron chi connectivity index (χ1n) is 9.63. The number of anilines is 2. The highest BCUT2D eigenvalue weighted by atomic mass is 16.5. The molecular formula is C21H27N3O2. The second kappa shape index (κ2) is 7.54. The molecule has 138 valence electrons. The van der Waals surface area contributed by atoms with Crippen LogP contribution in [0.5, 0.6) is 0 Å². The number of nitrogens with zero attached hydrogens (tertiary/aromatic N) is 2. The Hall–Kier alpha value is -2.27. The molecule has 2 aromatic rings. The van der Waals surface area contributed by atoms with Crippen molar-refractivity contribution in [3.63, 3.8) is 0 Å². The first-order chi connectivity index (χ1) is 12.7. The summed E-state index contributed by atoms with van der Waals surface area (Å²) in [5.74, 6) is 0.930. The van der Waals surface area contributed by atoms with Crippen LogP contribution in [0.3, 0.4) is 0 Å². The molecule has 2 aliphatic heterocycles. The lowest BCUT2D eigenvalue weighted by Gasteiger charge is -2.39. The van der Waals surface area contributed by atoms with Gasteiger partial charge in [-0.15, -0.1) is 0 Å². The van der Waals surface area contributed by atoms with Crippen molar-refractivity contribution in [1.82, 2.24) is 4.98 Å². The molecular weight excluding hydrogens is 326 g/mol. The average Bonchev–Trinajstić information content (AvgIpc) is 2.68. The number of morpholine rings is 1. The van der Waals surface area contributed by atoms with Crippen LogP contribution in [0.25, 0.3) is 0 Å². The Labute approximate surface area is 154 Å². The number of pyridine rings is 1. The molecule has 2 saturated heterocycles. The normalized spacial score (nSPS) is 23.9. The van der Waals surface area contributed by atoms with E-state index in [-0.39, 0.29) is 11.6 Å². The van der Waals surface area contributed by atoms with Crippen molar-refractivity contribution in [2.75, 3.05) is 36.1 Å². The van der Waals surface area contributed by atoms with Gasteiger partial charge in [-0.1, -0.05) is 30.3 Å². The molecule has 4 rings (SSSR count). The third-order valence-corrected chi connectivity index (χ3v) is 5.51. The molecule has 1 aromatic carbocycles. The first-order valence-corrected chi connectivity index (χ1v) is 9.63. The van der Waals surface area contributed by atoms with E-state index in [1.54, 1.807) is 6.07 Å². The van der Waals surface area contributed by atoms with Crippen LogP contribution in [0.15, 0.2) is 47.3 Å². The second-order valence-electron chi connectivity index (χ2n) is 7.32. The predicted molar refractivity (Wildman–Crippen MR) is 105 cm³/mol. The van der Waals surface area contributed by atoms with E-state index in [0.717, 1.165) is 37.4 Å². The smallest absolute Gasteiger partial charge is 0.251 e. The number of hydrogen-bond donors (Lipinski definition) is 1. The van der Waals surface area contributed by atoms with Crippen LogP contribution in [-0.2, 0) is 4.74 Å². The van der Waals surface area contributed by atoms with E-state index in [4.69, 9.17) is 4.74 Å². The van der Waals surface area contributed by atoms with Crippen molar-refractivity contribution in [3.05, 3.63) is 58.4 Å². The van der Waals surface area contributed by atoms with Gasteiger partial charge < -0.3 is 19.5 Å². The van der Waals surface area contributed by atoms with Gasteiger partial charge in [0.15, 0.2) is 0 Å². The van der Waals surface area contributed by atoms with Gasteiger partial charge >= 0.3 is 0 Å². The van der Waals surface area contributed by atoms with Gasteiger partial charge in [0.2, 0.25) is 0 Å². The van der Waals surface area contributed by atoms with Crippen molar-refractivity contribution in [2.45, 2.75) is 38.3 Å². The molecule has 2 fully saturated rings. The van der Waals surface area contributed by atoms with Gasteiger partial charge in [0, 0.05) is 37.0 Å². The number of rotatable bonds is 3. The van der Waals surface area contributed by atoms with E-state index in [9.17, 15) is 4.79 Å². The van der Waals surface area contributed by atoms with Crippen LogP contribution in [0.4, 0.5) is 11.5 Å². The van der Waals surface area contributed by atoms with Crippen molar-refractivity contribution < 1.29 is 4.74 Å². The molecule has 0 bridgehead atoms. The Kier molecular flexibility index (Phi) is 4.98. The van der Waals surface area contributed by atoms with Crippen LogP contribution < -0.4 is 15.4 Å². The number of aromatic amines is 1. The Bertz CT molecular complexity index is 789. The maximum Gasteiger partial charge on any atom is 0.251 e. The van der Waals surface area contributed by atoms with E-state index in [2.05, 4.69) is 58.1 Å². The molecule has 1 aromatic heterocycles. The zero-order valence-corrected chi connectivity index (χ0v) is 15.4. The number of benzene rings is 1. The zero-order chi connectivity index (χ0) is 17.9.